The number of carboxylic acid groups (broad SMARTS) is 1. The van der Waals surface area contributed by atoms with Crippen LogP contribution in [0.4, 0.5) is 0 Å². The Morgan fingerprint density at radius 3 is 2.57 bits per heavy atom. The predicted octanol–water partition coefficient (Wildman–Crippen LogP) is 2.33. The van der Waals surface area contributed by atoms with Crippen LogP contribution in [0.2, 0.25) is 0 Å². The first-order valence-corrected chi connectivity index (χ1v) is 7.14. The number of aryl methyl sites for hydroxylation is 1. The van der Waals surface area contributed by atoms with E-state index in [1.807, 2.05) is 38.1 Å². The molecule has 5 heteroatoms. The number of hydrogen-bond donors (Lipinski definition) is 1. The molecule has 0 saturated carbocycles. The smallest absolute Gasteiger partial charge is 0.308 e. The number of rotatable bonds is 8. The Morgan fingerprint density at radius 1 is 1.33 bits per heavy atom. The third-order valence-corrected chi connectivity index (χ3v) is 3.32. The maximum atomic E-state index is 12.1. The Hall–Kier alpha value is -2.04. The molecule has 0 aromatic heterocycles. The molecule has 0 aliphatic carbocycles. The van der Waals surface area contributed by atoms with Crippen LogP contribution in [0.15, 0.2) is 24.3 Å². The lowest BCUT2D eigenvalue weighted by Crippen LogP contribution is -2.37. The number of ether oxygens (including phenoxy) is 1. The number of hydrogen-bond acceptors (Lipinski definition) is 3. The standard InChI is InChI=1S/C16H23NO4/c1-4-17(11-13(3)16(19)20)15(18)9-10-21-14-8-6-5-7-12(14)2/h5-8,13H,4,9-11H2,1-3H3,(H,19,20). The summed E-state index contributed by atoms with van der Waals surface area (Å²) in [5, 5.41) is 8.90. The summed E-state index contributed by atoms with van der Waals surface area (Å²) in [6.07, 6.45) is 0.245. The summed E-state index contributed by atoms with van der Waals surface area (Å²) in [5.74, 6) is -0.768. The highest BCUT2D eigenvalue weighted by Gasteiger charge is 2.19. The highest BCUT2D eigenvalue weighted by atomic mass is 16.5. The topological polar surface area (TPSA) is 66.8 Å². The lowest BCUT2D eigenvalue weighted by atomic mass is 10.1. The van der Waals surface area contributed by atoms with Crippen molar-refractivity contribution in [3.63, 3.8) is 0 Å². The molecule has 1 N–H and O–H groups in total. The number of nitrogens with zero attached hydrogens (tertiary/aromatic N) is 1. The van der Waals surface area contributed by atoms with Crippen molar-refractivity contribution in [3.05, 3.63) is 29.8 Å². The van der Waals surface area contributed by atoms with E-state index < -0.39 is 11.9 Å². The zero-order valence-electron chi connectivity index (χ0n) is 12.8. The summed E-state index contributed by atoms with van der Waals surface area (Å²) in [6, 6.07) is 7.63. The molecule has 5 nitrogen and oxygen atoms in total. The fourth-order valence-corrected chi connectivity index (χ4v) is 1.94. The lowest BCUT2D eigenvalue weighted by molar-refractivity contribution is -0.143. The lowest BCUT2D eigenvalue weighted by Gasteiger charge is -2.23. The molecule has 116 valence electrons. The number of amides is 1. The molecule has 1 aromatic carbocycles. The Labute approximate surface area is 125 Å². The van der Waals surface area contributed by atoms with Crippen molar-refractivity contribution in [1.82, 2.24) is 4.90 Å². The van der Waals surface area contributed by atoms with Crippen LogP contribution in [0, 0.1) is 12.8 Å². The van der Waals surface area contributed by atoms with Crippen molar-refractivity contribution in [2.24, 2.45) is 5.92 Å². The van der Waals surface area contributed by atoms with Gasteiger partial charge in [0, 0.05) is 13.1 Å². The van der Waals surface area contributed by atoms with Gasteiger partial charge in [0.1, 0.15) is 5.75 Å². The van der Waals surface area contributed by atoms with Crippen molar-refractivity contribution in [2.45, 2.75) is 27.2 Å². The van der Waals surface area contributed by atoms with Crippen LogP contribution in [-0.4, -0.2) is 41.6 Å². The summed E-state index contributed by atoms with van der Waals surface area (Å²) in [5.41, 5.74) is 1.02. The zero-order chi connectivity index (χ0) is 15.8. The fraction of sp³-hybridized carbons (Fsp3) is 0.500. The van der Waals surface area contributed by atoms with E-state index in [1.165, 1.54) is 0 Å². The SMILES string of the molecule is CCN(CC(C)C(=O)O)C(=O)CCOc1ccccc1C. The van der Waals surface area contributed by atoms with E-state index in [0.717, 1.165) is 11.3 Å². The summed E-state index contributed by atoms with van der Waals surface area (Å²) >= 11 is 0. The van der Waals surface area contributed by atoms with Crippen LogP contribution in [0.5, 0.6) is 5.75 Å². The highest BCUT2D eigenvalue weighted by Crippen LogP contribution is 2.16. The molecular formula is C16H23NO4. The van der Waals surface area contributed by atoms with E-state index >= 15 is 0 Å². The van der Waals surface area contributed by atoms with Gasteiger partial charge in [0.05, 0.1) is 18.9 Å². The summed E-state index contributed by atoms with van der Waals surface area (Å²) in [7, 11) is 0. The maximum Gasteiger partial charge on any atom is 0.308 e. The van der Waals surface area contributed by atoms with Crippen molar-refractivity contribution in [1.29, 1.82) is 0 Å². The van der Waals surface area contributed by atoms with E-state index in [4.69, 9.17) is 9.84 Å². The molecule has 1 atom stereocenters. The number of aliphatic carboxylic acids is 1. The Balaban J connectivity index is 2.44. The number of para-hydroxylation sites is 1. The molecule has 0 aliphatic heterocycles. The van der Waals surface area contributed by atoms with Crippen molar-refractivity contribution in [3.8, 4) is 5.75 Å². The molecule has 0 spiro atoms. The van der Waals surface area contributed by atoms with Crippen molar-refractivity contribution >= 4 is 11.9 Å². The minimum absolute atomic E-state index is 0.0841. The van der Waals surface area contributed by atoms with Gasteiger partial charge in [-0.1, -0.05) is 25.1 Å². The molecule has 0 saturated heterocycles. The predicted molar refractivity (Wildman–Crippen MR) is 80.3 cm³/mol. The van der Waals surface area contributed by atoms with Gasteiger partial charge in [0.25, 0.3) is 0 Å². The van der Waals surface area contributed by atoms with Gasteiger partial charge < -0.3 is 14.7 Å². The van der Waals surface area contributed by atoms with Gasteiger partial charge in [-0.2, -0.15) is 0 Å². The first-order valence-electron chi connectivity index (χ1n) is 7.14. The van der Waals surface area contributed by atoms with E-state index in [0.29, 0.717) is 13.2 Å². The van der Waals surface area contributed by atoms with Gasteiger partial charge in [-0.15, -0.1) is 0 Å². The highest BCUT2D eigenvalue weighted by molar-refractivity contribution is 5.77. The first-order chi connectivity index (χ1) is 9.95. The Kier molecular flexibility index (Phi) is 6.72. The monoisotopic (exact) mass is 293 g/mol. The second-order valence-corrected chi connectivity index (χ2v) is 5.04. The molecule has 0 aliphatic rings. The van der Waals surface area contributed by atoms with Crippen LogP contribution < -0.4 is 4.74 Å². The van der Waals surface area contributed by atoms with Gasteiger partial charge in [0.15, 0.2) is 0 Å². The molecule has 1 aromatic rings. The van der Waals surface area contributed by atoms with Crippen molar-refractivity contribution < 1.29 is 19.4 Å². The van der Waals surface area contributed by atoms with Gasteiger partial charge in [-0.25, -0.2) is 0 Å². The molecule has 0 bridgehead atoms. The average Bonchev–Trinajstić information content (AvgIpc) is 2.46. The molecule has 0 heterocycles. The van der Waals surface area contributed by atoms with E-state index in [9.17, 15) is 9.59 Å². The molecule has 0 radical (unpaired) electrons. The van der Waals surface area contributed by atoms with E-state index in [2.05, 4.69) is 0 Å². The quantitative estimate of drug-likeness (QED) is 0.799. The number of carboxylic acids is 1. The fourth-order valence-electron chi connectivity index (χ4n) is 1.94. The first kappa shape index (κ1) is 17.0. The number of carbonyl (C=O) groups is 2. The van der Waals surface area contributed by atoms with Gasteiger partial charge in [0.2, 0.25) is 5.91 Å². The number of carbonyl (C=O) groups excluding carboxylic acids is 1. The van der Waals surface area contributed by atoms with E-state index in [-0.39, 0.29) is 18.9 Å². The third kappa shape index (κ3) is 5.45. The van der Waals surface area contributed by atoms with Crippen LogP contribution in [-0.2, 0) is 9.59 Å². The van der Waals surface area contributed by atoms with Gasteiger partial charge in [-0.3, -0.25) is 9.59 Å². The van der Waals surface area contributed by atoms with Crippen LogP contribution in [0.25, 0.3) is 0 Å². The summed E-state index contributed by atoms with van der Waals surface area (Å²) < 4.78 is 5.59. The van der Waals surface area contributed by atoms with Crippen LogP contribution in [0.1, 0.15) is 25.8 Å². The number of benzene rings is 1. The molecule has 21 heavy (non-hydrogen) atoms. The largest absolute Gasteiger partial charge is 0.493 e. The minimum Gasteiger partial charge on any atom is -0.493 e. The minimum atomic E-state index is -0.891. The van der Waals surface area contributed by atoms with Crippen LogP contribution >= 0.6 is 0 Å². The normalized spacial score (nSPS) is 11.8. The molecule has 0 fully saturated rings. The van der Waals surface area contributed by atoms with Gasteiger partial charge >= 0.3 is 5.97 Å². The second kappa shape index (κ2) is 8.29. The van der Waals surface area contributed by atoms with Gasteiger partial charge in [-0.05, 0) is 25.5 Å². The van der Waals surface area contributed by atoms with Crippen LogP contribution in [0.3, 0.4) is 0 Å². The Bertz CT molecular complexity index is 487. The Morgan fingerprint density at radius 2 is 2.00 bits per heavy atom. The van der Waals surface area contributed by atoms with E-state index in [1.54, 1.807) is 11.8 Å². The third-order valence-electron chi connectivity index (χ3n) is 3.32. The molecule has 1 unspecified atom stereocenters. The zero-order valence-corrected chi connectivity index (χ0v) is 12.8. The summed E-state index contributed by atoms with van der Waals surface area (Å²) in [4.78, 5) is 24.5. The summed E-state index contributed by atoms with van der Waals surface area (Å²) in [6.45, 7) is 6.41. The second-order valence-electron chi connectivity index (χ2n) is 5.04. The molecule has 1 rings (SSSR count). The van der Waals surface area contributed by atoms with Crippen molar-refractivity contribution in [2.75, 3.05) is 19.7 Å². The molecule has 1 amide bonds. The average molecular weight is 293 g/mol. The molecular weight excluding hydrogens is 270 g/mol. The maximum absolute atomic E-state index is 12.1.